The molecule has 0 atom stereocenters. The maximum Gasteiger partial charge on any atom is 0.262 e. The molecule has 0 aromatic carbocycles. The SMILES string of the molecule is Cc1n(C)cc[n+]1CC(=O)NC1C2CC3CC(C2)CC1C3.[Cl-]. The van der Waals surface area contributed by atoms with Crippen molar-refractivity contribution in [1.82, 2.24) is 9.88 Å². The van der Waals surface area contributed by atoms with E-state index in [1.54, 1.807) is 0 Å². The van der Waals surface area contributed by atoms with Gasteiger partial charge in [-0.25, -0.2) is 9.13 Å². The van der Waals surface area contributed by atoms with E-state index in [0.29, 0.717) is 12.6 Å². The Labute approximate surface area is 138 Å². The number of hydrogen-bond donors (Lipinski definition) is 1. The molecule has 4 aliphatic rings. The minimum atomic E-state index is 0. The van der Waals surface area contributed by atoms with E-state index in [4.69, 9.17) is 0 Å². The van der Waals surface area contributed by atoms with Gasteiger partial charge in [-0.2, -0.15) is 0 Å². The van der Waals surface area contributed by atoms with Gasteiger partial charge in [-0.15, -0.1) is 0 Å². The first-order valence-electron chi connectivity index (χ1n) is 8.41. The zero-order valence-corrected chi connectivity index (χ0v) is 14.2. The van der Waals surface area contributed by atoms with Crippen molar-refractivity contribution >= 4 is 5.91 Å². The summed E-state index contributed by atoms with van der Waals surface area (Å²) in [5, 5.41) is 3.38. The van der Waals surface area contributed by atoms with Crippen LogP contribution in [0.25, 0.3) is 0 Å². The summed E-state index contributed by atoms with van der Waals surface area (Å²) in [6, 6.07) is 0.454. The first kappa shape index (κ1) is 15.9. The number of aromatic nitrogens is 2. The summed E-state index contributed by atoms with van der Waals surface area (Å²) in [6.07, 6.45) is 10.9. The summed E-state index contributed by atoms with van der Waals surface area (Å²) in [7, 11) is 2.02. The van der Waals surface area contributed by atoms with E-state index < -0.39 is 0 Å². The number of nitrogens with zero attached hydrogens (tertiary/aromatic N) is 2. The second-order valence-corrected chi connectivity index (χ2v) is 7.61. The normalized spacial score (nSPS) is 35.3. The van der Waals surface area contributed by atoms with Crippen molar-refractivity contribution in [3.05, 3.63) is 18.2 Å². The van der Waals surface area contributed by atoms with Crippen LogP contribution in [0.3, 0.4) is 0 Å². The van der Waals surface area contributed by atoms with Crippen LogP contribution in [0.15, 0.2) is 12.4 Å². The average Bonchev–Trinajstić information content (AvgIpc) is 2.74. The summed E-state index contributed by atoms with van der Waals surface area (Å²) in [4.78, 5) is 12.4. The first-order valence-corrected chi connectivity index (χ1v) is 8.41. The molecule has 0 aliphatic heterocycles. The van der Waals surface area contributed by atoms with Gasteiger partial charge in [0.2, 0.25) is 0 Å². The molecular formula is C17H26ClN3O. The summed E-state index contributed by atoms with van der Waals surface area (Å²) in [6.45, 7) is 2.51. The molecule has 0 saturated heterocycles. The highest BCUT2D eigenvalue weighted by atomic mass is 35.5. The van der Waals surface area contributed by atoms with E-state index in [0.717, 1.165) is 29.5 Å². The van der Waals surface area contributed by atoms with Crippen LogP contribution in [0, 0.1) is 30.6 Å². The molecule has 4 bridgehead atoms. The predicted octanol–water partition coefficient (Wildman–Crippen LogP) is -1.43. The van der Waals surface area contributed by atoms with Gasteiger partial charge >= 0.3 is 0 Å². The first-order chi connectivity index (χ1) is 10.1. The molecule has 4 saturated carbocycles. The van der Waals surface area contributed by atoms with Crippen LogP contribution in [0.1, 0.15) is 37.9 Å². The molecule has 4 nitrogen and oxygen atoms in total. The summed E-state index contributed by atoms with van der Waals surface area (Å²) in [5.41, 5.74) is 0. The molecule has 1 amide bonds. The van der Waals surface area contributed by atoms with Gasteiger partial charge in [-0.1, -0.05) is 0 Å². The fourth-order valence-electron chi connectivity index (χ4n) is 5.31. The van der Waals surface area contributed by atoms with Gasteiger partial charge in [0.15, 0.2) is 6.54 Å². The second kappa shape index (κ2) is 5.88. The van der Waals surface area contributed by atoms with Crippen molar-refractivity contribution in [2.75, 3.05) is 0 Å². The molecule has 22 heavy (non-hydrogen) atoms. The van der Waals surface area contributed by atoms with Crippen LogP contribution in [-0.2, 0) is 18.4 Å². The van der Waals surface area contributed by atoms with Crippen LogP contribution in [0.2, 0.25) is 0 Å². The number of hydrogen-bond acceptors (Lipinski definition) is 1. The molecule has 5 heteroatoms. The van der Waals surface area contributed by atoms with Gasteiger partial charge in [0.25, 0.3) is 11.7 Å². The fraction of sp³-hybridized carbons (Fsp3) is 0.765. The monoisotopic (exact) mass is 323 g/mol. The predicted molar refractivity (Wildman–Crippen MR) is 79.3 cm³/mol. The van der Waals surface area contributed by atoms with Gasteiger partial charge in [-0.3, -0.25) is 4.79 Å². The molecule has 4 aliphatic carbocycles. The fourth-order valence-corrected chi connectivity index (χ4v) is 5.31. The molecule has 0 spiro atoms. The summed E-state index contributed by atoms with van der Waals surface area (Å²) < 4.78 is 4.08. The average molecular weight is 324 g/mol. The van der Waals surface area contributed by atoms with E-state index >= 15 is 0 Å². The van der Waals surface area contributed by atoms with Crippen molar-refractivity contribution < 1.29 is 21.8 Å². The Morgan fingerprint density at radius 3 is 2.32 bits per heavy atom. The van der Waals surface area contributed by atoms with Crippen LogP contribution in [0.5, 0.6) is 0 Å². The third kappa shape index (κ3) is 2.66. The molecule has 0 unspecified atom stereocenters. The maximum atomic E-state index is 12.4. The van der Waals surface area contributed by atoms with E-state index in [1.807, 2.05) is 24.0 Å². The van der Waals surface area contributed by atoms with Crippen molar-refractivity contribution in [2.45, 2.75) is 51.6 Å². The van der Waals surface area contributed by atoms with Crippen LogP contribution >= 0.6 is 0 Å². The number of amides is 1. The molecule has 1 aromatic heterocycles. The number of halogens is 1. The Morgan fingerprint density at radius 2 is 1.82 bits per heavy atom. The van der Waals surface area contributed by atoms with Crippen LogP contribution in [-0.4, -0.2) is 16.5 Å². The van der Waals surface area contributed by atoms with Gasteiger partial charge in [-0.05, 0) is 55.8 Å². The molecule has 122 valence electrons. The number of carbonyl (C=O) groups is 1. The van der Waals surface area contributed by atoms with Crippen LogP contribution in [0.4, 0.5) is 0 Å². The van der Waals surface area contributed by atoms with Crippen molar-refractivity contribution in [2.24, 2.45) is 30.7 Å². The van der Waals surface area contributed by atoms with Crippen LogP contribution < -0.4 is 22.3 Å². The summed E-state index contributed by atoms with van der Waals surface area (Å²) >= 11 is 0. The largest absolute Gasteiger partial charge is 1.00 e. The zero-order valence-electron chi connectivity index (χ0n) is 13.5. The highest BCUT2D eigenvalue weighted by Crippen LogP contribution is 2.53. The molecule has 1 aromatic rings. The maximum absolute atomic E-state index is 12.4. The van der Waals surface area contributed by atoms with Crippen molar-refractivity contribution in [3.8, 4) is 0 Å². The van der Waals surface area contributed by atoms with E-state index in [2.05, 4.69) is 16.8 Å². The molecule has 0 radical (unpaired) electrons. The standard InChI is InChI=1S/C17H25N3O.ClH/c1-11-19(2)3-4-20(11)10-16(21)18-17-14-6-12-5-13(8-14)9-15(17)7-12;/h3-4,12-15,17H,5-10H2,1-2H3;1H. The quantitative estimate of drug-likeness (QED) is 0.680. The van der Waals surface area contributed by atoms with E-state index in [-0.39, 0.29) is 18.3 Å². The Balaban J connectivity index is 0.00000144. The number of rotatable bonds is 3. The number of carbonyl (C=O) groups excluding carboxylic acids is 1. The Kier molecular flexibility index (Phi) is 4.23. The van der Waals surface area contributed by atoms with Gasteiger partial charge < -0.3 is 17.7 Å². The lowest BCUT2D eigenvalue weighted by molar-refractivity contribution is -0.690. The molecular weight excluding hydrogens is 298 g/mol. The number of nitrogens with one attached hydrogen (secondary N) is 1. The van der Waals surface area contributed by atoms with E-state index in [9.17, 15) is 4.79 Å². The molecule has 5 rings (SSSR count). The molecule has 1 heterocycles. The third-order valence-electron chi connectivity index (χ3n) is 6.26. The Hall–Kier alpha value is -1.03. The second-order valence-electron chi connectivity index (χ2n) is 7.61. The Bertz CT molecular complexity index is 540. The molecule has 4 fully saturated rings. The number of imidazole rings is 1. The highest BCUT2D eigenvalue weighted by molar-refractivity contribution is 5.74. The minimum Gasteiger partial charge on any atom is -1.00 e. The smallest absolute Gasteiger partial charge is 0.262 e. The van der Waals surface area contributed by atoms with Gasteiger partial charge in [0.1, 0.15) is 12.4 Å². The summed E-state index contributed by atoms with van der Waals surface area (Å²) in [5.74, 6) is 4.75. The van der Waals surface area contributed by atoms with Gasteiger partial charge in [0.05, 0.1) is 7.05 Å². The van der Waals surface area contributed by atoms with Crippen molar-refractivity contribution in [1.29, 1.82) is 0 Å². The Morgan fingerprint density at radius 1 is 1.23 bits per heavy atom. The minimum absolute atomic E-state index is 0. The van der Waals surface area contributed by atoms with Gasteiger partial charge in [0, 0.05) is 13.0 Å². The highest BCUT2D eigenvalue weighted by Gasteiger charge is 2.48. The molecule has 1 N–H and O–H groups in total. The van der Waals surface area contributed by atoms with E-state index in [1.165, 1.54) is 32.1 Å². The lowest BCUT2D eigenvalue weighted by Gasteiger charge is -2.54. The lowest BCUT2D eigenvalue weighted by Crippen LogP contribution is -3.00. The third-order valence-corrected chi connectivity index (χ3v) is 6.26. The lowest BCUT2D eigenvalue weighted by atomic mass is 9.54. The van der Waals surface area contributed by atoms with Crippen molar-refractivity contribution in [3.63, 3.8) is 0 Å². The zero-order chi connectivity index (χ0) is 14.6. The topological polar surface area (TPSA) is 37.9 Å². The number of aryl methyl sites for hydroxylation is 1.